The first-order valence-corrected chi connectivity index (χ1v) is 7.76. The van der Waals surface area contributed by atoms with Gasteiger partial charge in [0.25, 0.3) is 5.91 Å². The maximum absolute atomic E-state index is 13.8. The number of pyridine rings is 2. The zero-order chi connectivity index (χ0) is 23.0. The molecule has 1 unspecified atom stereocenters. The normalized spacial score (nSPS) is 23.0. The lowest BCUT2D eigenvalue weighted by atomic mass is 9.91. The van der Waals surface area contributed by atoms with Crippen molar-refractivity contribution >= 4 is 29.2 Å². The van der Waals surface area contributed by atoms with Gasteiger partial charge in [0.15, 0.2) is 0 Å². The van der Waals surface area contributed by atoms with E-state index in [9.17, 15) is 14.0 Å². The van der Waals surface area contributed by atoms with Gasteiger partial charge in [-0.3, -0.25) is 9.59 Å². The van der Waals surface area contributed by atoms with Crippen molar-refractivity contribution in [3.8, 4) is 0 Å². The van der Waals surface area contributed by atoms with E-state index in [1.54, 1.807) is 0 Å². The molecule has 0 radical (unpaired) electrons. The summed E-state index contributed by atoms with van der Waals surface area (Å²) in [4.78, 5) is 32.0. The van der Waals surface area contributed by atoms with Crippen LogP contribution in [0.2, 0.25) is 5.02 Å². The van der Waals surface area contributed by atoms with Crippen molar-refractivity contribution in [1.82, 2.24) is 15.3 Å². The summed E-state index contributed by atoms with van der Waals surface area (Å²) in [5.74, 6) is -1.65. The van der Waals surface area contributed by atoms with Gasteiger partial charge in [0.05, 0.1) is 14.4 Å². The maximum Gasteiger partial charge on any atom is 0.275 e. The molecule has 136 valence electrons. The lowest BCUT2D eigenvalue weighted by Crippen LogP contribution is -2.56. The van der Waals surface area contributed by atoms with Gasteiger partial charge in [0.2, 0.25) is 5.91 Å². The van der Waals surface area contributed by atoms with Crippen LogP contribution in [-0.2, 0) is 15.1 Å². The molecule has 0 saturated carbocycles. The summed E-state index contributed by atoms with van der Waals surface area (Å²) < 4.78 is 57.3. The van der Waals surface area contributed by atoms with Crippen molar-refractivity contribution in [2.75, 3.05) is 25.2 Å². The zero-order valence-electron chi connectivity index (χ0n) is 18.2. The van der Waals surface area contributed by atoms with E-state index in [1.165, 1.54) is 18.3 Å². The molecule has 1 atom stereocenters. The Morgan fingerprint density at radius 1 is 1.62 bits per heavy atom. The number of halogens is 2. The molecule has 1 aliphatic rings. The molecule has 7 nitrogen and oxygen atoms in total. The number of aromatic nitrogens is 2. The molecule has 0 bridgehead atoms. The Balaban J connectivity index is 1.97. The average molecular weight is 384 g/mol. The van der Waals surface area contributed by atoms with Crippen LogP contribution in [0.4, 0.5) is 10.2 Å². The summed E-state index contributed by atoms with van der Waals surface area (Å²) in [6, 6.07) is 2.02. The molecule has 2 N–H and O–H groups in total. The molecule has 1 fully saturated rings. The molecule has 1 saturated heterocycles. The van der Waals surface area contributed by atoms with Gasteiger partial charge in [-0.15, -0.1) is 0 Å². The van der Waals surface area contributed by atoms with Gasteiger partial charge in [-0.1, -0.05) is 11.6 Å². The summed E-state index contributed by atoms with van der Waals surface area (Å²) in [7, 11) is 0. The summed E-state index contributed by atoms with van der Waals surface area (Å²) in [6.07, 6.45) is 0.625. The highest BCUT2D eigenvalue weighted by Crippen LogP contribution is 2.26. The molecule has 9 heteroatoms. The number of nitrogens with one attached hydrogen (secondary N) is 2. The third-order valence-electron chi connectivity index (χ3n) is 3.70. The van der Waals surface area contributed by atoms with Crippen molar-refractivity contribution in [2.24, 2.45) is 0 Å². The fourth-order valence-electron chi connectivity index (χ4n) is 2.46. The summed E-state index contributed by atoms with van der Waals surface area (Å²) in [6.45, 7) is -4.23. The van der Waals surface area contributed by atoms with E-state index in [0.29, 0.717) is 0 Å². The van der Waals surface area contributed by atoms with E-state index in [4.69, 9.17) is 23.2 Å². The predicted octanol–water partition coefficient (Wildman–Crippen LogP) is 2.00. The van der Waals surface area contributed by atoms with Crippen molar-refractivity contribution in [3.05, 3.63) is 52.4 Å². The molecular formula is C17H16ClFN4O3. The van der Waals surface area contributed by atoms with Crippen molar-refractivity contribution in [3.63, 3.8) is 0 Å². The van der Waals surface area contributed by atoms with Crippen LogP contribution in [0.15, 0.2) is 30.5 Å². The Labute approximate surface area is 161 Å². The highest BCUT2D eigenvalue weighted by atomic mass is 35.5. The second-order valence-electron chi connectivity index (χ2n) is 5.53. The van der Waals surface area contributed by atoms with Gasteiger partial charge in [-0.05, 0) is 36.2 Å². The number of ether oxygens (including phenoxy) is 1. The van der Waals surface area contributed by atoms with Crippen LogP contribution in [0.25, 0.3) is 0 Å². The van der Waals surface area contributed by atoms with Gasteiger partial charge in [-0.2, -0.15) is 0 Å². The number of alkyl halides is 1. The molecule has 0 spiro atoms. The minimum absolute atomic E-state index is 0.0959. The van der Waals surface area contributed by atoms with Crippen LogP contribution in [0.1, 0.15) is 28.5 Å². The van der Waals surface area contributed by atoms with Crippen LogP contribution < -0.4 is 10.6 Å². The average Bonchev–Trinajstić information content (AvgIpc) is 2.70. The first kappa shape index (κ1) is 12.7. The fourth-order valence-corrected chi connectivity index (χ4v) is 2.59. The van der Waals surface area contributed by atoms with Gasteiger partial charge in [-0.25, -0.2) is 14.4 Å². The molecule has 3 heterocycles. The minimum atomic E-state index is -2.90. The van der Waals surface area contributed by atoms with Gasteiger partial charge < -0.3 is 15.4 Å². The third kappa shape index (κ3) is 3.66. The van der Waals surface area contributed by atoms with Crippen molar-refractivity contribution < 1.29 is 25.6 Å². The Hall–Kier alpha value is -2.58. The zero-order valence-corrected chi connectivity index (χ0v) is 14.0. The van der Waals surface area contributed by atoms with Crippen LogP contribution in [0.3, 0.4) is 0 Å². The van der Waals surface area contributed by atoms with Crippen LogP contribution in [0.5, 0.6) is 0 Å². The molecule has 2 aromatic heterocycles. The number of carbonyl (C=O) groups excluding carboxylic acids is 2. The predicted molar refractivity (Wildman–Crippen MR) is 92.8 cm³/mol. The van der Waals surface area contributed by atoms with E-state index in [-0.39, 0.29) is 24.6 Å². The Morgan fingerprint density at radius 2 is 2.46 bits per heavy atom. The molecule has 3 rings (SSSR count). The Bertz CT molecular complexity index is 1060. The number of hydrogen-bond acceptors (Lipinski definition) is 5. The third-order valence-corrected chi connectivity index (χ3v) is 3.87. The van der Waals surface area contributed by atoms with Crippen LogP contribution >= 0.6 is 11.6 Å². The minimum Gasteiger partial charge on any atom is -0.369 e. The standard InChI is InChI=1S/C17H16ClFN4O3/c1-10-4-12(18)6-21-15(10)16(25)22-13-5-11(2-3-20-13)17(8-19)9-26-7-14(24)23-17/h2-6H,7-9H2,1H3,(H,23,24)(H,20,22,25)/i1D3,4D,6D. The number of rotatable bonds is 4. The van der Waals surface area contributed by atoms with E-state index in [2.05, 4.69) is 20.6 Å². The molecule has 2 amide bonds. The summed E-state index contributed by atoms with van der Waals surface area (Å²) >= 11 is 5.76. The topological polar surface area (TPSA) is 93.2 Å². The largest absolute Gasteiger partial charge is 0.369 e. The van der Waals surface area contributed by atoms with Crippen molar-refractivity contribution in [2.45, 2.75) is 12.4 Å². The van der Waals surface area contributed by atoms with Crippen LogP contribution in [-0.4, -0.2) is 41.7 Å². The highest BCUT2D eigenvalue weighted by Gasteiger charge is 2.38. The number of nitrogens with zero attached hydrogens (tertiary/aromatic N) is 2. The summed E-state index contributed by atoms with van der Waals surface area (Å²) in [5, 5.41) is 4.36. The van der Waals surface area contributed by atoms with Crippen molar-refractivity contribution in [1.29, 1.82) is 0 Å². The first-order chi connectivity index (χ1) is 14.5. The van der Waals surface area contributed by atoms with Gasteiger partial charge in [0.1, 0.15) is 30.3 Å². The lowest BCUT2D eigenvalue weighted by molar-refractivity contribution is -0.136. The molecule has 2 aromatic rings. The number of carbonyl (C=O) groups is 2. The monoisotopic (exact) mass is 383 g/mol. The summed E-state index contributed by atoms with van der Waals surface area (Å²) in [5.41, 5.74) is -2.60. The number of amides is 2. The maximum atomic E-state index is 13.8. The second kappa shape index (κ2) is 7.35. The van der Waals surface area contributed by atoms with Crippen LogP contribution in [0, 0.1) is 6.85 Å². The quantitative estimate of drug-likeness (QED) is 0.842. The van der Waals surface area contributed by atoms with E-state index >= 15 is 0 Å². The molecule has 0 aliphatic carbocycles. The number of hydrogen-bond donors (Lipinski definition) is 2. The number of morpholine rings is 1. The highest BCUT2D eigenvalue weighted by molar-refractivity contribution is 6.30. The van der Waals surface area contributed by atoms with E-state index in [0.717, 1.165) is 0 Å². The van der Waals surface area contributed by atoms with E-state index < -0.39 is 59.4 Å². The fraction of sp³-hybridized carbons (Fsp3) is 0.294. The lowest BCUT2D eigenvalue weighted by Gasteiger charge is -2.35. The Morgan fingerprint density at radius 3 is 3.19 bits per heavy atom. The SMILES string of the molecule is [2H]c1nc(C(=O)Nc2cc(C3(CF)COCC(=O)N3)ccn2)c(C([2H])([2H])[2H])c([2H])c1Cl. The Kier molecular flexibility index (Phi) is 3.59. The molecule has 1 aliphatic heterocycles. The molecule has 26 heavy (non-hydrogen) atoms. The number of anilines is 1. The van der Waals surface area contributed by atoms with Gasteiger partial charge in [0, 0.05) is 16.5 Å². The molecular weight excluding hydrogens is 363 g/mol. The molecule has 0 aromatic carbocycles. The van der Waals surface area contributed by atoms with E-state index in [1.807, 2.05) is 0 Å². The smallest absolute Gasteiger partial charge is 0.275 e. The second-order valence-corrected chi connectivity index (χ2v) is 5.90. The first-order valence-electron chi connectivity index (χ1n) is 9.88. The van der Waals surface area contributed by atoms with Gasteiger partial charge >= 0.3 is 0 Å².